The molecule has 67 heavy (non-hydrogen) atoms. The first kappa shape index (κ1) is 73.3. The summed E-state index contributed by atoms with van der Waals surface area (Å²) in [5.74, 6) is 0. The summed E-state index contributed by atoms with van der Waals surface area (Å²) in [5.41, 5.74) is 0. The van der Waals surface area contributed by atoms with Crippen LogP contribution in [0.3, 0.4) is 0 Å². The van der Waals surface area contributed by atoms with Crippen molar-refractivity contribution in [2.24, 2.45) is 0 Å². The molecule has 9 nitrogen and oxygen atoms in total. The molecule has 0 amide bonds. The van der Waals surface area contributed by atoms with Crippen LogP contribution in [-0.2, 0) is 44.6 Å². The van der Waals surface area contributed by atoms with Crippen LogP contribution in [0.1, 0.15) is 290 Å². The summed E-state index contributed by atoms with van der Waals surface area (Å²) in [6, 6.07) is 0. The molecule has 0 aliphatic heterocycles. The van der Waals surface area contributed by atoms with Gasteiger partial charge in [-0.25, -0.2) is 0 Å². The third-order valence-corrected chi connectivity index (χ3v) is 12.7. The van der Waals surface area contributed by atoms with Gasteiger partial charge in [-0.15, -0.1) is 13.6 Å². The van der Waals surface area contributed by atoms with Gasteiger partial charge in [0.15, 0.2) is 0 Å². The molecule has 0 rings (SSSR count). The van der Waals surface area contributed by atoms with Crippen molar-refractivity contribution in [3.05, 3.63) is 36.5 Å². The van der Waals surface area contributed by atoms with Crippen LogP contribution in [-0.4, -0.2) is 19.8 Å². The van der Waals surface area contributed by atoms with Crippen LogP contribution in [0.4, 0.5) is 0 Å². The SMILES string of the molecule is CCCCCCCC/C=C\CCCCCCCCO[P+](=O)[O-].CCCCCCCC/C=C\CCCCCCCCO[P+](=O)[O-].CCCCCCCC/C=C\CCCCCCCCO[P+](=O)[O-].[Cr+3]. The minimum atomic E-state index is -2.65. The van der Waals surface area contributed by atoms with Crippen molar-refractivity contribution in [1.82, 2.24) is 0 Å². The van der Waals surface area contributed by atoms with Gasteiger partial charge in [0.25, 0.3) is 0 Å². The smallest absolute Gasteiger partial charge is 0.566 e. The first-order valence-electron chi connectivity index (χ1n) is 27.6. The molecule has 0 aliphatic carbocycles. The molecule has 393 valence electrons. The van der Waals surface area contributed by atoms with Crippen LogP contribution in [0.5, 0.6) is 0 Å². The van der Waals surface area contributed by atoms with Crippen molar-refractivity contribution in [3.8, 4) is 0 Å². The van der Waals surface area contributed by atoms with Gasteiger partial charge in [0.1, 0.15) is 19.8 Å². The molecule has 3 atom stereocenters. The molecule has 0 saturated heterocycles. The minimum Gasteiger partial charge on any atom is -0.566 e. The molecule has 0 spiro atoms. The van der Waals surface area contributed by atoms with Gasteiger partial charge < -0.3 is 14.7 Å². The Bertz CT molecular complexity index is 937. The summed E-state index contributed by atoms with van der Waals surface area (Å²) < 4.78 is 44.0. The Kier molecular flexibility index (Phi) is 76.7. The first-order valence-corrected chi connectivity index (χ1v) is 30.9. The predicted octanol–water partition coefficient (Wildman–Crippen LogP) is 18.2. The van der Waals surface area contributed by atoms with Crippen molar-refractivity contribution in [2.75, 3.05) is 19.8 Å². The zero-order valence-corrected chi connectivity index (χ0v) is 47.7. The van der Waals surface area contributed by atoms with Crippen LogP contribution in [0.2, 0.25) is 0 Å². The fourth-order valence-corrected chi connectivity index (χ4v) is 8.30. The summed E-state index contributed by atoms with van der Waals surface area (Å²) in [5, 5.41) is 0. The second-order valence-electron chi connectivity index (χ2n) is 18.0. The van der Waals surface area contributed by atoms with E-state index >= 15 is 0 Å². The molecule has 0 aromatic heterocycles. The third-order valence-electron chi connectivity index (χ3n) is 11.6. The van der Waals surface area contributed by atoms with Gasteiger partial charge >= 0.3 is 42.1 Å². The Labute approximate surface area is 428 Å². The molecular formula is C54H105CrO9P3+3. The zero-order chi connectivity index (χ0) is 48.9. The standard InChI is InChI=1S/3C18H35O3P.Cr/c3*1-2-3-4-5-6-7-8-9-10-11-12-13-14-15-16-17-18-21-22(19)20;/h3*9-10H,2-8,11-18H2,1H3;/q;;;+3/b3*10-9-;. The molecule has 0 saturated carbocycles. The van der Waals surface area contributed by atoms with Gasteiger partial charge in [-0.1, -0.05) is 231 Å². The summed E-state index contributed by atoms with van der Waals surface area (Å²) in [6.45, 7) is 7.82. The normalized spacial score (nSPS) is 12.0. The molecule has 0 heterocycles. The van der Waals surface area contributed by atoms with Gasteiger partial charge in [0.2, 0.25) is 0 Å². The fourth-order valence-electron chi connectivity index (χ4n) is 7.47. The fraction of sp³-hybridized carbons (Fsp3) is 0.889. The zero-order valence-electron chi connectivity index (χ0n) is 43.7. The Hall–Kier alpha value is -0.188. The van der Waals surface area contributed by atoms with E-state index in [2.05, 4.69) is 70.8 Å². The molecule has 0 aliphatic rings. The van der Waals surface area contributed by atoms with Crippen LogP contribution in [0.25, 0.3) is 0 Å². The minimum absolute atomic E-state index is 0. The number of hydrogen-bond acceptors (Lipinski definition) is 9. The Morgan fingerprint density at radius 3 is 0.582 bits per heavy atom. The van der Waals surface area contributed by atoms with E-state index in [1.807, 2.05) is 0 Å². The average Bonchev–Trinajstić information content (AvgIpc) is 3.29. The van der Waals surface area contributed by atoms with Crippen LogP contribution in [0.15, 0.2) is 36.5 Å². The van der Waals surface area contributed by atoms with Crippen LogP contribution >= 0.6 is 24.8 Å². The largest absolute Gasteiger partial charge is 3.00 e. The van der Waals surface area contributed by atoms with Crippen molar-refractivity contribution < 1.29 is 59.3 Å². The van der Waals surface area contributed by atoms with E-state index < -0.39 is 24.8 Å². The summed E-state index contributed by atoms with van der Waals surface area (Å²) >= 11 is 0. The second-order valence-corrected chi connectivity index (χ2v) is 20.1. The van der Waals surface area contributed by atoms with Gasteiger partial charge in [0, 0.05) is 0 Å². The molecular weight excluding hydrogens is 938 g/mol. The second kappa shape index (κ2) is 70.1. The van der Waals surface area contributed by atoms with Gasteiger partial charge in [-0.2, -0.15) is 0 Å². The number of hydrogen-bond donors (Lipinski definition) is 0. The quantitative estimate of drug-likeness (QED) is 0.0330. The summed E-state index contributed by atoms with van der Waals surface area (Å²) in [6.07, 6.45) is 66.8. The van der Waals surface area contributed by atoms with E-state index in [1.54, 1.807) is 0 Å². The van der Waals surface area contributed by atoms with Gasteiger partial charge in [-0.3, -0.25) is 0 Å². The third kappa shape index (κ3) is 83.0. The van der Waals surface area contributed by atoms with Crippen LogP contribution < -0.4 is 14.7 Å². The van der Waals surface area contributed by atoms with Crippen molar-refractivity contribution in [2.45, 2.75) is 290 Å². The maximum atomic E-state index is 10.2. The predicted molar refractivity (Wildman–Crippen MR) is 279 cm³/mol. The molecule has 13 heteroatoms. The Morgan fingerprint density at radius 2 is 0.418 bits per heavy atom. The van der Waals surface area contributed by atoms with Crippen molar-refractivity contribution in [1.29, 1.82) is 0 Å². The van der Waals surface area contributed by atoms with Crippen molar-refractivity contribution >= 4 is 24.8 Å². The molecule has 3 unspecified atom stereocenters. The van der Waals surface area contributed by atoms with Gasteiger partial charge in [0.05, 0.1) is 0 Å². The van der Waals surface area contributed by atoms with E-state index in [0.29, 0.717) is 19.8 Å². The number of unbranched alkanes of at least 4 members (excludes halogenated alkanes) is 36. The summed E-state index contributed by atoms with van der Waals surface area (Å²) in [7, 11) is -7.95. The molecule has 0 fully saturated rings. The molecule has 0 N–H and O–H groups in total. The van der Waals surface area contributed by atoms with E-state index in [0.717, 1.165) is 38.5 Å². The van der Waals surface area contributed by atoms with Crippen LogP contribution in [0, 0.1) is 0 Å². The van der Waals surface area contributed by atoms with Crippen molar-refractivity contribution in [3.63, 3.8) is 0 Å². The molecule has 0 bridgehead atoms. The Balaban J connectivity index is -0.000000441. The molecule has 0 aromatic rings. The maximum absolute atomic E-state index is 10.2. The maximum Gasteiger partial charge on any atom is 3.00 e. The Morgan fingerprint density at radius 1 is 0.269 bits per heavy atom. The van der Waals surface area contributed by atoms with E-state index in [1.165, 1.54) is 231 Å². The van der Waals surface area contributed by atoms with E-state index in [9.17, 15) is 28.4 Å². The topological polar surface area (TPSA) is 148 Å². The average molecular weight is 1040 g/mol. The summed E-state index contributed by atoms with van der Waals surface area (Å²) in [4.78, 5) is 30.5. The monoisotopic (exact) mass is 1040 g/mol. The van der Waals surface area contributed by atoms with E-state index in [-0.39, 0.29) is 17.4 Å². The molecule has 0 aromatic carbocycles. The van der Waals surface area contributed by atoms with Gasteiger partial charge in [-0.05, 0) is 110 Å². The molecule has 1 radical (unpaired) electrons. The number of rotatable bonds is 51. The van der Waals surface area contributed by atoms with E-state index in [4.69, 9.17) is 0 Å². The first-order chi connectivity index (χ1) is 32.3. The number of allylic oxidation sites excluding steroid dienone is 6.